The number of thiophene rings is 1. The molecular weight excluding hydrogens is 322 g/mol. The van der Waals surface area contributed by atoms with Crippen LogP contribution in [0.3, 0.4) is 0 Å². The van der Waals surface area contributed by atoms with Crippen LogP contribution in [0.15, 0.2) is 11.1 Å². The van der Waals surface area contributed by atoms with E-state index in [4.69, 9.17) is 0 Å². The molecule has 5 nitrogen and oxygen atoms in total. The molecule has 24 heavy (non-hydrogen) atoms. The van der Waals surface area contributed by atoms with Crippen molar-refractivity contribution in [1.29, 1.82) is 0 Å². The number of unbranched alkanes of at least 4 members (excludes halogenated alkanes) is 1. The molecule has 3 rings (SSSR count). The first kappa shape index (κ1) is 17.1. The predicted octanol–water partition coefficient (Wildman–Crippen LogP) is 3.63. The molecule has 0 radical (unpaired) electrons. The molecule has 2 heterocycles. The molecule has 1 N–H and O–H groups in total. The number of nitrogens with one attached hydrogen (secondary N) is 1. The van der Waals surface area contributed by atoms with Crippen molar-refractivity contribution in [2.75, 3.05) is 0 Å². The fraction of sp³-hybridized carbons (Fsp3) is 0.611. The molecule has 0 aliphatic heterocycles. The highest BCUT2D eigenvalue weighted by molar-refractivity contribution is 7.20. The van der Waals surface area contributed by atoms with Gasteiger partial charge in [-0.1, -0.05) is 32.6 Å². The first-order valence-corrected chi connectivity index (χ1v) is 9.73. The molecule has 1 aliphatic rings. The van der Waals surface area contributed by atoms with E-state index in [1.165, 1.54) is 30.6 Å². The van der Waals surface area contributed by atoms with Crippen LogP contribution in [0.5, 0.6) is 0 Å². The molecule has 0 aromatic carbocycles. The number of hydrogen-bond acceptors (Lipinski definition) is 4. The van der Waals surface area contributed by atoms with Gasteiger partial charge in [-0.15, -0.1) is 11.3 Å². The number of hydrogen-bond donors (Lipinski definition) is 1. The van der Waals surface area contributed by atoms with E-state index >= 15 is 0 Å². The van der Waals surface area contributed by atoms with Crippen molar-refractivity contribution in [3.05, 3.63) is 27.1 Å². The van der Waals surface area contributed by atoms with Crippen molar-refractivity contribution >= 4 is 27.5 Å². The van der Waals surface area contributed by atoms with Gasteiger partial charge in [0.15, 0.2) is 0 Å². The molecule has 2 aromatic heterocycles. The molecule has 0 atom stereocenters. The molecule has 130 valence electrons. The maximum absolute atomic E-state index is 12.7. The topological polar surface area (TPSA) is 64.0 Å². The third-order valence-corrected chi connectivity index (χ3v) is 6.02. The van der Waals surface area contributed by atoms with Crippen molar-refractivity contribution in [3.63, 3.8) is 0 Å². The van der Waals surface area contributed by atoms with Gasteiger partial charge in [0.05, 0.1) is 16.6 Å². The minimum Gasteiger partial charge on any atom is -0.349 e. The molecule has 0 spiro atoms. The van der Waals surface area contributed by atoms with Crippen LogP contribution in [-0.4, -0.2) is 21.5 Å². The highest BCUT2D eigenvalue weighted by atomic mass is 32.1. The standard InChI is InChI=1S/C18H25N3O2S/c1-3-4-10-21-11-19-17-14(18(21)23)12(2)15(24-17)16(22)20-13-8-6-5-7-9-13/h11,13H,3-10H2,1-2H3,(H,20,22). The van der Waals surface area contributed by atoms with Gasteiger partial charge in [0, 0.05) is 12.6 Å². The number of aryl methyl sites for hydroxylation is 2. The van der Waals surface area contributed by atoms with Crippen LogP contribution >= 0.6 is 11.3 Å². The van der Waals surface area contributed by atoms with Crippen molar-refractivity contribution < 1.29 is 4.79 Å². The second-order valence-corrected chi connectivity index (χ2v) is 7.64. The first-order valence-electron chi connectivity index (χ1n) is 8.91. The molecule has 1 fully saturated rings. The van der Waals surface area contributed by atoms with Crippen LogP contribution in [-0.2, 0) is 6.54 Å². The van der Waals surface area contributed by atoms with Gasteiger partial charge in [-0.3, -0.25) is 14.2 Å². The second kappa shape index (κ2) is 7.47. The molecule has 6 heteroatoms. The number of fused-ring (bicyclic) bond motifs is 1. The Morgan fingerprint density at radius 1 is 1.38 bits per heavy atom. The number of nitrogens with zero attached hydrogens (tertiary/aromatic N) is 2. The van der Waals surface area contributed by atoms with Crippen molar-refractivity contribution in [1.82, 2.24) is 14.9 Å². The summed E-state index contributed by atoms with van der Waals surface area (Å²) >= 11 is 1.33. The fourth-order valence-corrected chi connectivity index (χ4v) is 4.40. The van der Waals surface area contributed by atoms with Gasteiger partial charge in [-0.05, 0) is 31.7 Å². The average molecular weight is 347 g/mol. The SMILES string of the molecule is CCCCn1cnc2sc(C(=O)NC3CCCCC3)c(C)c2c1=O. The van der Waals surface area contributed by atoms with Gasteiger partial charge in [0.2, 0.25) is 0 Å². The van der Waals surface area contributed by atoms with Crippen molar-refractivity contribution in [2.45, 2.75) is 71.4 Å². The lowest BCUT2D eigenvalue weighted by atomic mass is 9.95. The zero-order chi connectivity index (χ0) is 17.1. The van der Waals surface area contributed by atoms with E-state index in [1.807, 2.05) is 6.92 Å². The van der Waals surface area contributed by atoms with Crippen LogP contribution in [0.2, 0.25) is 0 Å². The molecule has 0 bridgehead atoms. The third kappa shape index (κ3) is 3.38. The van der Waals surface area contributed by atoms with E-state index in [0.29, 0.717) is 21.6 Å². The minimum absolute atomic E-state index is 0.0288. The summed E-state index contributed by atoms with van der Waals surface area (Å²) in [7, 11) is 0. The van der Waals surface area contributed by atoms with Gasteiger partial charge in [0.1, 0.15) is 4.83 Å². The van der Waals surface area contributed by atoms with Gasteiger partial charge in [-0.25, -0.2) is 4.98 Å². The normalized spacial score (nSPS) is 15.8. The first-order chi connectivity index (χ1) is 11.6. The number of carbonyl (C=O) groups is 1. The maximum atomic E-state index is 12.7. The van der Waals surface area contributed by atoms with E-state index in [1.54, 1.807) is 10.9 Å². The lowest BCUT2D eigenvalue weighted by Crippen LogP contribution is -2.36. The molecule has 0 unspecified atom stereocenters. The van der Waals surface area contributed by atoms with E-state index in [-0.39, 0.29) is 17.5 Å². The Kier molecular flexibility index (Phi) is 5.33. The Bertz CT molecular complexity index is 787. The molecule has 1 aliphatic carbocycles. The largest absolute Gasteiger partial charge is 0.349 e. The van der Waals surface area contributed by atoms with Gasteiger partial charge >= 0.3 is 0 Å². The van der Waals surface area contributed by atoms with Crippen LogP contribution in [0, 0.1) is 6.92 Å². The highest BCUT2D eigenvalue weighted by Gasteiger charge is 2.22. The summed E-state index contributed by atoms with van der Waals surface area (Å²) in [6, 6.07) is 0.269. The smallest absolute Gasteiger partial charge is 0.262 e. The maximum Gasteiger partial charge on any atom is 0.262 e. The van der Waals surface area contributed by atoms with Gasteiger partial charge < -0.3 is 5.32 Å². The van der Waals surface area contributed by atoms with Gasteiger partial charge in [-0.2, -0.15) is 0 Å². The summed E-state index contributed by atoms with van der Waals surface area (Å²) < 4.78 is 1.66. The van der Waals surface area contributed by atoms with Crippen LogP contribution < -0.4 is 10.9 Å². The Labute approximate surface area is 146 Å². The fourth-order valence-electron chi connectivity index (χ4n) is 3.36. The number of carbonyl (C=O) groups excluding carboxylic acids is 1. The van der Waals surface area contributed by atoms with Crippen molar-refractivity contribution in [2.24, 2.45) is 0 Å². The van der Waals surface area contributed by atoms with E-state index in [2.05, 4.69) is 17.2 Å². The Hall–Kier alpha value is -1.69. The summed E-state index contributed by atoms with van der Waals surface area (Å²) in [6.45, 7) is 4.64. The van der Waals surface area contributed by atoms with Crippen LogP contribution in [0.1, 0.15) is 67.1 Å². The Morgan fingerprint density at radius 3 is 2.83 bits per heavy atom. The molecular formula is C18H25N3O2S. The minimum atomic E-state index is -0.0538. The zero-order valence-electron chi connectivity index (χ0n) is 14.4. The van der Waals surface area contributed by atoms with E-state index in [9.17, 15) is 9.59 Å². The monoisotopic (exact) mass is 347 g/mol. The molecule has 1 saturated carbocycles. The third-order valence-electron chi connectivity index (χ3n) is 4.82. The Morgan fingerprint density at radius 2 is 2.12 bits per heavy atom. The summed E-state index contributed by atoms with van der Waals surface area (Å²) in [5.41, 5.74) is 0.741. The molecule has 2 aromatic rings. The van der Waals surface area contributed by atoms with Crippen LogP contribution in [0.4, 0.5) is 0 Å². The number of rotatable bonds is 5. The lowest BCUT2D eigenvalue weighted by molar-refractivity contribution is 0.0931. The van der Waals surface area contributed by atoms with Gasteiger partial charge in [0.25, 0.3) is 11.5 Å². The van der Waals surface area contributed by atoms with E-state index < -0.39 is 0 Å². The zero-order valence-corrected chi connectivity index (χ0v) is 15.2. The highest BCUT2D eigenvalue weighted by Crippen LogP contribution is 2.27. The Balaban J connectivity index is 1.88. The molecule has 1 amide bonds. The summed E-state index contributed by atoms with van der Waals surface area (Å²) in [5, 5.41) is 3.74. The summed E-state index contributed by atoms with van der Waals surface area (Å²) in [6.07, 6.45) is 9.32. The summed E-state index contributed by atoms with van der Waals surface area (Å²) in [4.78, 5) is 31.0. The molecule has 0 saturated heterocycles. The predicted molar refractivity (Wildman–Crippen MR) is 97.9 cm³/mol. The lowest BCUT2D eigenvalue weighted by Gasteiger charge is -2.22. The quantitative estimate of drug-likeness (QED) is 0.898. The second-order valence-electron chi connectivity index (χ2n) is 6.64. The average Bonchev–Trinajstić information content (AvgIpc) is 2.93. The van der Waals surface area contributed by atoms with Crippen molar-refractivity contribution in [3.8, 4) is 0 Å². The summed E-state index contributed by atoms with van der Waals surface area (Å²) in [5.74, 6) is -0.0538. The van der Waals surface area contributed by atoms with E-state index in [0.717, 1.165) is 31.2 Å². The number of amides is 1. The number of aromatic nitrogens is 2. The van der Waals surface area contributed by atoms with Crippen LogP contribution in [0.25, 0.3) is 10.2 Å².